The number of aliphatic carboxylic acids is 1. The first kappa shape index (κ1) is 16.6. The van der Waals surface area contributed by atoms with E-state index in [4.69, 9.17) is 9.84 Å². The Balaban J connectivity index is 2.55. The summed E-state index contributed by atoms with van der Waals surface area (Å²) in [5.74, 6) is -1.06. The lowest BCUT2D eigenvalue weighted by atomic mass is 9.82. The number of rotatable bonds is 6. The number of hydrogen-bond acceptors (Lipinski definition) is 4. The molecule has 7 heteroatoms. The fraction of sp³-hybridized carbons (Fsp3) is 0.833. The first-order valence-electron chi connectivity index (χ1n) is 6.33. The molecule has 0 aromatic heterocycles. The van der Waals surface area contributed by atoms with E-state index in [-0.39, 0.29) is 30.5 Å². The van der Waals surface area contributed by atoms with Crippen LogP contribution in [0.1, 0.15) is 19.3 Å². The second-order valence-electron chi connectivity index (χ2n) is 4.74. The number of alkyl halides is 1. The number of likely N-dealkylation sites (N-methyl/N-ethyl adjacent to an activating group) is 1. The van der Waals surface area contributed by atoms with Crippen LogP contribution in [0.3, 0.4) is 0 Å². The van der Waals surface area contributed by atoms with Gasteiger partial charge in [0, 0.05) is 11.0 Å². The van der Waals surface area contributed by atoms with Crippen LogP contribution in [0.2, 0.25) is 0 Å². The number of nitrogens with one attached hydrogen (secondary N) is 2. The van der Waals surface area contributed by atoms with Gasteiger partial charge < -0.3 is 20.5 Å². The lowest BCUT2D eigenvalue weighted by molar-refractivity contribution is -0.138. The fourth-order valence-corrected chi connectivity index (χ4v) is 3.85. The molecule has 0 aromatic rings. The average Bonchev–Trinajstić information content (AvgIpc) is 2.37. The van der Waals surface area contributed by atoms with Gasteiger partial charge in [0.25, 0.3) is 0 Å². The number of carbonyl (C=O) groups excluding carboxylic acids is 1. The predicted molar refractivity (Wildman–Crippen MR) is 79.4 cm³/mol. The van der Waals surface area contributed by atoms with Crippen LogP contribution < -0.4 is 10.6 Å². The summed E-state index contributed by atoms with van der Waals surface area (Å²) < 4.78 is 5.78. The zero-order valence-electron chi connectivity index (χ0n) is 11.2. The molecule has 3 unspecified atom stereocenters. The van der Waals surface area contributed by atoms with Crippen molar-refractivity contribution >= 4 is 34.5 Å². The minimum atomic E-state index is -1.03. The maximum absolute atomic E-state index is 12.0. The van der Waals surface area contributed by atoms with Gasteiger partial charge in [0.2, 0.25) is 5.91 Å². The smallest absolute Gasteiger partial charge is 0.322 e. The van der Waals surface area contributed by atoms with E-state index in [9.17, 15) is 9.59 Å². The lowest BCUT2D eigenvalue weighted by Gasteiger charge is -2.35. The van der Waals surface area contributed by atoms with Crippen molar-refractivity contribution < 1.29 is 19.4 Å². The molecule has 0 aromatic carbocycles. The molecule has 1 saturated carbocycles. The summed E-state index contributed by atoms with van der Waals surface area (Å²) in [6, 6.07) is -0.338. The Bertz CT molecular complexity index is 327. The van der Waals surface area contributed by atoms with E-state index in [1.807, 2.05) is 0 Å². The Morgan fingerprint density at radius 2 is 2.16 bits per heavy atom. The van der Waals surface area contributed by atoms with Crippen molar-refractivity contribution in [3.63, 3.8) is 0 Å². The van der Waals surface area contributed by atoms with Crippen molar-refractivity contribution in [1.29, 1.82) is 0 Å². The summed E-state index contributed by atoms with van der Waals surface area (Å²) in [6.45, 7) is -0.335. The molecule has 1 amide bonds. The Labute approximate surface area is 126 Å². The highest BCUT2D eigenvalue weighted by molar-refractivity contribution is 14.1. The molecule has 0 spiro atoms. The van der Waals surface area contributed by atoms with Gasteiger partial charge >= 0.3 is 5.97 Å². The third kappa shape index (κ3) is 4.88. The Morgan fingerprint density at radius 3 is 2.63 bits per heavy atom. The van der Waals surface area contributed by atoms with E-state index >= 15 is 0 Å². The summed E-state index contributed by atoms with van der Waals surface area (Å²) >= 11 is 2.36. The summed E-state index contributed by atoms with van der Waals surface area (Å²) in [4.78, 5) is 22.4. The number of ether oxygens (including phenoxy) is 1. The van der Waals surface area contributed by atoms with Crippen LogP contribution in [0.5, 0.6) is 0 Å². The van der Waals surface area contributed by atoms with Gasteiger partial charge in [0.05, 0.1) is 12.1 Å². The average molecular weight is 384 g/mol. The van der Waals surface area contributed by atoms with Crippen molar-refractivity contribution in [3.05, 3.63) is 0 Å². The molecule has 3 N–H and O–H groups in total. The normalized spacial score (nSPS) is 28.7. The number of amides is 1. The van der Waals surface area contributed by atoms with E-state index in [1.165, 1.54) is 0 Å². The molecule has 110 valence electrons. The van der Waals surface area contributed by atoms with Gasteiger partial charge in [-0.05, 0) is 32.2 Å². The van der Waals surface area contributed by atoms with Crippen molar-refractivity contribution in [2.24, 2.45) is 5.92 Å². The van der Waals surface area contributed by atoms with Gasteiger partial charge in [-0.3, -0.25) is 9.59 Å². The maximum Gasteiger partial charge on any atom is 0.322 e. The predicted octanol–water partition coefficient (Wildman–Crippen LogP) is 0.394. The highest BCUT2D eigenvalue weighted by Crippen LogP contribution is 2.33. The number of carboxylic acid groups (broad SMARTS) is 1. The standard InChI is InChI=1S/C12H21IN2O4/c1-14-11(12(18)15-6-10(16)17)7-3-4-9(19-2)8(13)5-7/h7-9,11,14H,3-6H2,1-2H3,(H,15,18)(H,16,17)/t7?,8?,9?,11-/m0/s1. The van der Waals surface area contributed by atoms with Crippen molar-refractivity contribution in [3.8, 4) is 0 Å². The van der Waals surface area contributed by atoms with E-state index in [2.05, 4.69) is 33.2 Å². The summed E-state index contributed by atoms with van der Waals surface area (Å²) in [6.07, 6.45) is 2.98. The van der Waals surface area contributed by atoms with Crippen LogP contribution >= 0.6 is 22.6 Å². The van der Waals surface area contributed by atoms with Gasteiger partial charge in [0.15, 0.2) is 0 Å². The molecule has 1 aliphatic rings. The zero-order chi connectivity index (χ0) is 14.4. The van der Waals surface area contributed by atoms with Gasteiger partial charge in [-0.15, -0.1) is 0 Å². The van der Waals surface area contributed by atoms with Crippen LogP contribution in [0.25, 0.3) is 0 Å². The molecule has 19 heavy (non-hydrogen) atoms. The number of halogens is 1. The molecular formula is C12H21IN2O4. The van der Waals surface area contributed by atoms with Crippen LogP contribution in [-0.4, -0.2) is 53.8 Å². The van der Waals surface area contributed by atoms with Gasteiger partial charge in [-0.25, -0.2) is 0 Å². The SMILES string of the molecule is CN[C@H](C(=O)NCC(=O)O)C1CCC(OC)C(I)C1. The molecule has 0 heterocycles. The van der Waals surface area contributed by atoms with Crippen molar-refractivity contribution in [1.82, 2.24) is 10.6 Å². The lowest BCUT2D eigenvalue weighted by Crippen LogP contribution is -2.51. The summed E-state index contributed by atoms with van der Waals surface area (Å²) in [5.41, 5.74) is 0. The van der Waals surface area contributed by atoms with Crippen molar-refractivity contribution in [2.75, 3.05) is 20.7 Å². The first-order chi connectivity index (χ1) is 8.99. The summed E-state index contributed by atoms with van der Waals surface area (Å²) in [7, 11) is 3.45. The molecule has 0 bridgehead atoms. The third-order valence-electron chi connectivity index (χ3n) is 3.53. The highest BCUT2D eigenvalue weighted by atomic mass is 127. The van der Waals surface area contributed by atoms with E-state index in [0.29, 0.717) is 3.92 Å². The first-order valence-corrected chi connectivity index (χ1v) is 7.57. The van der Waals surface area contributed by atoms with Crippen LogP contribution in [0, 0.1) is 5.92 Å². The van der Waals surface area contributed by atoms with Gasteiger partial charge in [0.1, 0.15) is 6.54 Å². The number of methoxy groups -OCH3 is 1. The van der Waals surface area contributed by atoms with E-state index in [1.54, 1.807) is 14.2 Å². The Morgan fingerprint density at radius 1 is 1.47 bits per heavy atom. The molecule has 0 saturated heterocycles. The van der Waals surface area contributed by atoms with E-state index in [0.717, 1.165) is 19.3 Å². The summed E-state index contributed by atoms with van der Waals surface area (Å²) in [5, 5.41) is 14.0. The number of hydrogen-bond donors (Lipinski definition) is 3. The monoisotopic (exact) mass is 384 g/mol. The minimum Gasteiger partial charge on any atom is -0.480 e. The Hall–Kier alpha value is -0.410. The zero-order valence-corrected chi connectivity index (χ0v) is 13.3. The number of carbonyl (C=O) groups is 2. The topological polar surface area (TPSA) is 87.7 Å². The molecule has 4 atom stereocenters. The molecule has 0 radical (unpaired) electrons. The quantitative estimate of drug-likeness (QED) is 0.456. The fourth-order valence-electron chi connectivity index (χ4n) is 2.54. The van der Waals surface area contributed by atoms with E-state index < -0.39 is 5.97 Å². The molecule has 6 nitrogen and oxygen atoms in total. The Kier molecular flexibility index (Phi) is 7.01. The minimum absolute atomic E-state index is 0.215. The highest BCUT2D eigenvalue weighted by Gasteiger charge is 2.35. The van der Waals surface area contributed by atoms with Crippen LogP contribution in [0.4, 0.5) is 0 Å². The second kappa shape index (κ2) is 8.01. The molecular weight excluding hydrogens is 363 g/mol. The number of carboxylic acids is 1. The maximum atomic E-state index is 12.0. The van der Waals surface area contributed by atoms with Gasteiger partial charge in [-0.1, -0.05) is 22.6 Å². The second-order valence-corrected chi connectivity index (χ2v) is 6.34. The van der Waals surface area contributed by atoms with Crippen molar-refractivity contribution in [2.45, 2.75) is 35.3 Å². The third-order valence-corrected chi connectivity index (χ3v) is 4.85. The van der Waals surface area contributed by atoms with Crippen LogP contribution in [0.15, 0.2) is 0 Å². The molecule has 1 rings (SSSR count). The largest absolute Gasteiger partial charge is 0.480 e. The molecule has 1 fully saturated rings. The molecule has 1 aliphatic carbocycles. The van der Waals surface area contributed by atoms with Gasteiger partial charge in [-0.2, -0.15) is 0 Å². The molecule has 0 aliphatic heterocycles. The van der Waals surface area contributed by atoms with Crippen LogP contribution in [-0.2, 0) is 14.3 Å².